The second kappa shape index (κ2) is 4.64. The normalized spacial score (nSPS) is 10.9. The Morgan fingerprint density at radius 1 is 1.21 bits per heavy atom. The van der Waals surface area contributed by atoms with Gasteiger partial charge < -0.3 is 10.3 Å². The molecule has 0 atom stereocenters. The summed E-state index contributed by atoms with van der Waals surface area (Å²) in [7, 11) is 0. The highest BCUT2D eigenvalue weighted by molar-refractivity contribution is 6.33. The molecule has 2 N–H and O–H groups in total. The number of H-pyrrole nitrogens is 1. The molecular formula is C11H6Cl2FN5. The lowest BCUT2D eigenvalue weighted by Gasteiger charge is -2.05. The summed E-state index contributed by atoms with van der Waals surface area (Å²) in [5.41, 5.74) is 1.55. The van der Waals surface area contributed by atoms with Crippen molar-refractivity contribution in [3.8, 4) is 0 Å². The third-order valence-corrected chi connectivity index (χ3v) is 2.98. The van der Waals surface area contributed by atoms with E-state index < -0.39 is 5.82 Å². The topological polar surface area (TPSA) is 66.5 Å². The van der Waals surface area contributed by atoms with Crippen LogP contribution in [0.4, 0.5) is 16.0 Å². The minimum atomic E-state index is -0.492. The van der Waals surface area contributed by atoms with Crippen molar-refractivity contribution in [1.29, 1.82) is 0 Å². The zero-order chi connectivity index (χ0) is 13.4. The van der Waals surface area contributed by atoms with Crippen LogP contribution in [0.5, 0.6) is 0 Å². The first-order valence-corrected chi connectivity index (χ1v) is 5.98. The molecule has 3 aromatic rings. The number of nitrogens with one attached hydrogen (secondary N) is 2. The molecule has 5 nitrogen and oxygen atoms in total. The Labute approximate surface area is 116 Å². The number of imidazole rings is 1. The van der Waals surface area contributed by atoms with Crippen molar-refractivity contribution in [3.63, 3.8) is 0 Å². The van der Waals surface area contributed by atoms with Gasteiger partial charge in [-0.15, -0.1) is 0 Å². The molecule has 0 unspecified atom stereocenters. The van der Waals surface area contributed by atoms with Crippen LogP contribution in [0.3, 0.4) is 0 Å². The Kier molecular flexibility index (Phi) is 2.96. The van der Waals surface area contributed by atoms with Gasteiger partial charge in [0.25, 0.3) is 0 Å². The van der Waals surface area contributed by atoms with Crippen molar-refractivity contribution in [2.45, 2.75) is 0 Å². The van der Waals surface area contributed by atoms with Crippen LogP contribution in [0.1, 0.15) is 0 Å². The van der Waals surface area contributed by atoms with Crippen LogP contribution in [0.2, 0.25) is 10.2 Å². The first kappa shape index (κ1) is 12.1. The van der Waals surface area contributed by atoms with Gasteiger partial charge in [-0.2, -0.15) is 9.97 Å². The number of hydrogen-bond acceptors (Lipinski definition) is 4. The summed E-state index contributed by atoms with van der Waals surface area (Å²) in [5, 5.41) is 3.14. The van der Waals surface area contributed by atoms with Crippen LogP contribution < -0.4 is 5.32 Å². The van der Waals surface area contributed by atoms with Crippen LogP contribution in [0, 0.1) is 5.82 Å². The second-order valence-corrected chi connectivity index (χ2v) is 4.46. The quantitative estimate of drug-likeness (QED) is 0.710. The third kappa shape index (κ3) is 2.32. The van der Waals surface area contributed by atoms with Crippen molar-refractivity contribution in [2.24, 2.45) is 0 Å². The molecule has 0 aliphatic rings. The molecule has 0 fully saturated rings. The van der Waals surface area contributed by atoms with Gasteiger partial charge in [0.05, 0.1) is 11.3 Å². The average Bonchev–Trinajstić information content (AvgIpc) is 2.82. The number of halogens is 3. The Morgan fingerprint density at radius 2 is 2.05 bits per heavy atom. The molecule has 96 valence electrons. The van der Waals surface area contributed by atoms with E-state index in [0.717, 1.165) is 0 Å². The maximum atomic E-state index is 13.0. The molecule has 2 aromatic heterocycles. The second-order valence-electron chi connectivity index (χ2n) is 3.69. The summed E-state index contributed by atoms with van der Waals surface area (Å²) in [6.07, 6.45) is 1.48. The smallest absolute Gasteiger partial charge is 0.230 e. The molecule has 0 saturated carbocycles. The van der Waals surface area contributed by atoms with Gasteiger partial charge >= 0.3 is 0 Å². The fraction of sp³-hybridized carbons (Fsp3) is 0. The summed E-state index contributed by atoms with van der Waals surface area (Å²) in [5.74, 6) is -0.235. The summed E-state index contributed by atoms with van der Waals surface area (Å²) in [4.78, 5) is 15.0. The highest BCUT2D eigenvalue weighted by atomic mass is 35.5. The Balaban J connectivity index is 1.98. The van der Waals surface area contributed by atoms with E-state index in [2.05, 4.69) is 25.3 Å². The maximum Gasteiger partial charge on any atom is 0.230 e. The van der Waals surface area contributed by atoms with Crippen molar-refractivity contribution >= 4 is 46.0 Å². The molecule has 0 radical (unpaired) electrons. The highest BCUT2D eigenvalue weighted by Crippen LogP contribution is 2.23. The van der Waals surface area contributed by atoms with Gasteiger partial charge in [0, 0.05) is 5.69 Å². The molecule has 0 amide bonds. The van der Waals surface area contributed by atoms with E-state index in [9.17, 15) is 4.39 Å². The lowest BCUT2D eigenvalue weighted by atomic mass is 10.3. The third-order valence-electron chi connectivity index (χ3n) is 2.42. The number of aromatic amines is 1. The molecule has 1 aromatic carbocycles. The molecule has 8 heteroatoms. The lowest BCUT2D eigenvalue weighted by molar-refractivity contribution is 0.628. The van der Waals surface area contributed by atoms with E-state index in [-0.39, 0.29) is 16.1 Å². The van der Waals surface area contributed by atoms with E-state index in [4.69, 9.17) is 23.2 Å². The van der Waals surface area contributed by atoms with Gasteiger partial charge in [-0.1, -0.05) is 23.2 Å². The summed E-state index contributed by atoms with van der Waals surface area (Å²) in [6, 6.07) is 4.20. The van der Waals surface area contributed by atoms with Crippen LogP contribution in [-0.2, 0) is 0 Å². The maximum absolute atomic E-state index is 13.0. The summed E-state index contributed by atoms with van der Waals surface area (Å²) in [6.45, 7) is 0. The molecule has 2 heterocycles. The van der Waals surface area contributed by atoms with Gasteiger partial charge in [-0.05, 0) is 18.2 Å². The van der Waals surface area contributed by atoms with Gasteiger partial charge in [0.2, 0.25) is 5.95 Å². The predicted molar refractivity (Wildman–Crippen MR) is 71.4 cm³/mol. The molecule has 0 aliphatic carbocycles. The van der Waals surface area contributed by atoms with Gasteiger partial charge in [0.15, 0.2) is 10.8 Å². The standard InChI is InChI=1S/C11H6Cl2FN5/c12-6-3-5(1-2-7(6)14)17-11-18-9(13)8-10(19-11)16-4-15-8/h1-4H,(H2,15,16,17,18,19). The van der Waals surface area contributed by atoms with Crippen LogP contribution >= 0.6 is 23.2 Å². The van der Waals surface area contributed by atoms with Crippen molar-refractivity contribution in [2.75, 3.05) is 5.32 Å². The Morgan fingerprint density at radius 3 is 2.84 bits per heavy atom. The molecule has 3 rings (SSSR count). The summed E-state index contributed by atoms with van der Waals surface area (Å²) < 4.78 is 13.0. The van der Waals surface area contributed by atoms with Crippen molar-refractivity contribution in [1.82, 2.24) is 19.9 Å². The fourth-order valence-electron chi connectivity index (χ4n) is 1.56. The average molecular weight is 298 g/mol. The number of hydrogen-bond donors (Lipinski definition) is 2. The molecule has 19 heavy (non-hydrogen) atoms. The van der Waals surface area contributed by atoms with E-state index in [1.165, 1.54) is 24.5 Å². The van der Waals surface area contributed by atoms with Crippen molar-refractivity contribution < 1.29 is 4.39 Å². The van der Waals surface area contributed by atoms with Crippen LogP contribution in [-0.4, -0.2) is 19.9 Å². The lowest BCUT2D eigenvalue weighted by Crippen LogP contribution is -1.98. The number of benzene rings is 1. The number of rotatable bonds is 2. The van der Waals surface area contributed by atoms with Crippen LogP contribution in [0.15, 0.2) is 24.5 Å². The predicted octanol–water partition coefficient (Wildman–Crippen LogP) is 3.54. The zero-order valence-electron chi connectivity index (χ0n) is 9.28. The van der Waals surface area contributed by atoms with Crippen LogP contribution in [0.25, 0.3) is 11.2 Å². The molecule has 0 aliphatic heterocycles. The monoisotopic (exact) mass is 297 g/mol. The van der Waals surface area contributed by atoms with E-state index in [0.29, 0.717) is 16.9 Å². The molecular weight excluding hydrogens is 292 g/mol. The van der Waals surface area contributed by atoms with Gasteiger partial charge in [-0.25, -0.2) is 9.37 Å². The minimum Gasteiger partial charge on any atom is -0.341 e. The zero-order valence-corrected chi connectivity index (χ0v) is 10.8. The minimum absolute atomic E-state index is 0.0111. The first-order chi connectivity index (χ1) is 9.13. The van der Waals surface area contributed by atoms with E-state index >= 15 is 0 Å². The van der Waals surface area contributed by atoms with E-state index in [1.807, 2.05) is 0 Å². The largest absolute Gasteiger partial charge is 0.341 e. The van der Waals surface area contributed by atoms with Gasteiger partial charge in [-0.3, -0.25) is 0 Å². The van der Waals surface area contributed by atoms with Crippen molar-refractivity contribution in [3.05, 3.63) is 40.5 Å². The number of aromatic nitrogens is 4. The molecule has 0 saturated heterocycles. The SMILES string of the molecule is Fc1ccc(Nc2nc(Cl)c3[nH]cnc3n2)cc1Cl. The summed E-state index contributed by atoms with van der Waals surface area (Å²) >= 11 is 11.7. The first-order valence-electron chi connectivity index (χ1n) is 5.22. The Hall–Kier alpha value is -1.92. The molecule has 0 spiro atoms. The Bertz CT molecular complexity index is 758. The van der Waals surface area contributed by atoms with Gasteiger partial charge in [0.1, 0.15) is 11.3 Å². The highest BCUT2D eigenvalue weighted by Gasteiger charge is 2.09. The van der Waals surface area contributed by atoms with E-state index in [1.54, 1.807) is 0 Å². The fourth-order valence-corrected chi connectivity index (χ4v) is 1.96. The number of nitrogens with zero attached hydrogens (tertiary/aromatic N) is 3. The number of fused-ring (bicyclic) bond motifs is 1. The molecule has 0 bridgehead atoms. The number of anilines is 2.